The SMILES string of the molecule is CCCCCCCCSc1ccc2ccccc2c1. The summed E-state index contributed by atoms with van der Waals surface area (Å²) < 4.78 is 0. The predicted octanol–water partition coefficient (Wildman–Crippen LogP) is 6.29. The summed E-state index contributed by atoms with van der Waals surface area (Å²) in [5, 5.41) is 2.70. The van der Waals surface area contributed by atoms with Crippen molar-refractivity contribution in [1.29, 1.82) is 0 Å². The number of hydrogen-bond acceptors (Lipinski definition) is 1. The number of unbranched alkanes of at least 4 members (excludes halogenated alkanes) is 5. The number of benzene rings is 2. The summed E-state index contributed by atoms with van der Waals surface area (Å²) in [6.45, 7) is 2.27. The molecule has 2 aromatic rings. The molecule has 0 saturated carbocycles. The van der Waals surface area contributed by atoms with Crippen molar-refractivity contribution in [2.75, 3.05) is 5.75 Å². The molecule has 0 unspecified atom stereocenters. The lowest BCUT2D eigenvalue weighted by atomic mass is 10.1. The lowest BCUT2D eigenvalue weighted by Gasteiger charge is -2.04. The Hall–Kier alpha value is -0.950. The van der Waals surface area contributed by atoms with Crippen molar-refractivity contribution in [3.63, 3.8) is 0 Å². The van der Waals surface area contributed by atoms with Gasteiger partial charge >= 0.3 is 0 Å². The second-order valence-corrected chi connectivity index (χ2v) is 6.29. The van der Waals surface area contributed by atoms with E-state index in [4.69, 9.17) is 0 Å². The van der Waals surface area contributed by atoms with E-state index in [-0.39, 0.29) is 0 Å². The van der Waals surface area contributed by atoms with Crippen LogP contribution >= 0.6 is 11.8 Å². The highest BCUT2D eigenvalue weighted by Crippen LogP contribution is 2.24. The van der Waals surface area contributed by atoms with Crippen molar-refractivity contribution in [1.82, 2.24) is 0 Å². The molecule has 2 rings (SSSR count). The molecule has 0 saturated heterocycles. The van der Waals surface area contributed by atoms with Crippen molar-refractivity contribution in [3.05, 3.63) is 42.5 Å². The Labute approximate surface area is 121 Å². The summed E-state index contributed by atoms with van der Waals surface area (Å²) in [5.74, 6) is 1.25. The van der Waals surface area contributed by atoms with Gasteiger partial charge in [0.25, 0.3) is 0 Å². The molecule has 0 nitrogen and oxygen atoms in total. The van der Waals surface area contributed by atoms with Crippen LogP contribution in [0.3, 0.4) is 0 Å². The van der Waals surface area contributed by atoms with Crippen molar-refractivity contribution in [2.24, 2.45) is 0 Å². The Morgan fingerprint density at radius 1 is 0.789 bits per heavy atom. The van der Waals surface area contributed by atoms with Gasteiger partial charge in [0, 0.05) is 4.90 Å². The van der Waals surface area contributed by atoms with Crippen LogP contribution in [0.5, 0.6) is 0 Å². The number of thioether (sulfide) groups is 1. The van der Waals surface area contributed by atoms with Crippen LogP contribution in [0.15, 0.2) is 47.4 Å². The molecule has 0 aromatic heterocycles. The highest BCUT2D eigenvalue weighted by atomic mass is 32.2. The first-order valence-electron chi connectivity index (χ1n) is 7.52. The maximum Gasteiger partial charge on any atom is 0.00783 e. The third kappa shape index (κ3) is 4.91. The second-order valence-electron chi connectivity index (χ2n) is 5.13. The van der Waals surface area contributed by atoms with Crippen LogP contribution in [0.25, 0.3) is 10.8 Å². The predicted molar refractivity (Wildman–Crippen MR) is 88.0 cm³/mol. The topological polar surface area (TPSA) is 0 Å². The zero-order chi connectivity index (χ0) is 13.3. The molecule has 0 aliphatic heterocycles. The monoisotopic (exact) mass is 272 g/mol. The molecule has 102 valence electrons. The maximum atomic E-state index is 2.32. The molecule has 1 heteroatoms. The fourth-order valence-corrected chi connectivity index (χ4v) is 3.29. The largest absolute Gasteiger partial charge is 0.126 e. The van der Waals surface area contributed by atoms with Gasteiger partial charge in [-0.1, -0.05) is 69.4 Å². The van der Waals surface area contributed by atoms with Crippen LogP contribution in [0.4, 0.5) is 0 Å². The van der Waals surface area contributed by atoms with Gasteiger partial charge in [-0.2, -0.15) is 0 Å². The minimum atomic E-state index is 1.25. The minimum absolute atomic E-state index is 1.25. The van der Waals surface area contributed by atoms with Crippen LogP contribution in [0.1, 0.15) is 45.4 Å². The van der Waals surface area contributed by atoms with Gasteiger partial charge in [0.1, 0.15) is 0 Å². The van der Waals surface area contributed by atoms with E-state index in [1.807, 2.05) is 11.8 Å². The highest BCUT2D eigenvalue weighted by molar-refractivity contribution is 7.99. The van der Waals surface area contributed by atoms with Gasteiger partial charge in [-0.25, -0.2) is 0 Å². The van der Waals surface area contributed by atoms with Crippen molar-refractivity contribution in [3.8, 4) is 0 Å². The van der Waals surface area contributed by atoms with Crippen molar-refractivity contribution in [2.45, 2.75) is 50.3 Å². The second kappa shape index (κ2) is 8.27. The summed E-state index contributed by atoms with van der Waals surface area (Å²) in [5.41, 5.74) is 0. The van der Waals surface area contributed by atoms with Crippen LogP contribution in [0, 0.1) is 0 Å². The molecule has 0 radical (unpaired) electrons. The standard InChI is InChI=1S/C18H24S/c1-2-3-4-5-6-9-14-19-18-13-12-16-10-7-8-11-17(16)15-18/h7-8,10-13,15H,2-6,9,14H2,1H3. The lowest BCUT2D eigenvalue weighted by Crippen LogP contribution is -1.83. The summed E-state index contributed by atoms with van der Waals surface area (Å²) in [6, 6.07) is 15.4. The third-order valence-electron chi connectivity index (χ3n) is 3.49. The molecule has 19 heavy (non-hydrogen) atoms. The van der Waals surface area contributed by atoms with Crippen LogP contribution in [-0.4, -0.2) is 5.75 Å². The van der Waals surface area contributed by atoms with Gasteiger partial charge in [-0.3, -0.25) is 0 Å². The molecule has 0 heterocycles. The maximum absolute atomic E-state index is 2.32. The molecule has 0 N–H and O–H groups in total. The molecular formula is C18H24S. The molecule has 0 bridgehead atoms. The van der Waals surface area contributed by atoms with Crippen LogP contribution < -0.4 is 0 Å². The molecule has 0 aliphatic rings. The zero-order valence-electron chi connectivity index (χ0n) is 11.9. The quantitative estimate of drug-likeness (QED) is 0.402. The van der Waals surface area contributed by atoms with Gasteiger partial charge < -0.3 is 0 Å². The van der Waals surface area contributed by atoms with E-state index in [2.05, 4.69) is 49.4 Å². The zero-order valence-corrected chi connectivity index (χ0v) is 12.7. The van der Waals surface area contributed by atoms with E-state index < -0.39 is 0 Å². The molecule has 0 amide bonds. The van der Waals surface area contributed by atoms with E-state index in [0.717, 1.165) is 0 Å². The molecule has 2 aromatic carbocycles. The van der Waals surface area contributed by atoms with Crippen LogP contribution in [0.2, 0.25) is 0 Å². The third-order valence-corrected chi connectivity index (χ3v) is 4.57. The first-order chi connectivity index (χ1) is 9.40. The van der Waals surface area contributed by atoms with Gasteiger partial charge in [0.15, 0.2) is 0 Å². The van der Waals surface area contributed by atoms with Crippen LogP contribution in [-0.2, 0) is 0 Å². The summed E-state index contributed by atoms with van der Waals surface area (Å²) in [7, 11) is 0. The minimum Gasteiger partial charge on any atom is -0.126 e. The van der Waals surface area contributed by atoms with Crippen molar-refractivity contribution < 1.29 is 0 Å². The smallest absolute Gasteiger partial charge is 0.00783 e. The average molecular weight is 272 g/mol. The molecular weight excluding hydrogens is 248 g/mol. The van der Waals surface area contributed by atoms with E-state index in [9.17, 15) is 0 Å². The van der Waals surface area contributed by atoms with Gasteiger partial charge in [-0.05, 0) is 35.1 Å². The van der Waals surface area contributed by atoms with E-state index >= 15 is 0 Å². The summed E-state index contributed by atoms with van der Waals surface area (Å²) in [4.78, 5) is 1.41. The van der Waals surface area contributed by atoms with Gasteiger partial charge in [-0.15, -0.1) is 11.8 Å². The molecule has 0 spiro atoms. The van der Waals surface area contributed by atoms with Crippen molar-refractivity contribution >= 4 is 22.5 Å². The van der Waals surface area contributed by atoms with Gasteiger partial charge in [0.2, 0.25) is 0 Å². The molecule has 0 aliphatic carbocycles. The van der Waals surface area contributed by atoms with E-state index in [0.29, 0.717) is 0 Å². The first-order valence-corrected chi connectivity index (χ1v) is 8.50. The number of hydrogen-bond donors (Lipinski definition) is 0. The lowest BCUT2D eigenvalue weighted by molar-refractivity contribution is 0.627. The fraction of sp³-hybridized carbons (Fsp3) is 0.444. The number of rotatable bonds is 8. The summed E-state index contributed by atoms with van der Waals surface area (Å²) in [6.07, 6.45) is 8.30. The summed E-state index contributed by atoms with van der Waals surface area (Å²) >= 11 is 2.00. The van der Waals surface area contributed by atoms with Gasteiger partial charge in [0.05, 0.1) is 0 Å². The Morgan fingerprint density at radius 2 is 1.53 bits per heavy atom. The van der Waals surface area contributed by atoms with E-state index in [1.165, 1.54) is 59.9 Å². The normalized spacial score (nSPS) is 11.0. The number of fused-ring (bicyclic) bond motifs is 1. The fourth-order valence-electron chi connectivity index (χ4n) is 2.33. The highest BCUT2D eigenvalue weighted by Gasteiger charge is 1.97. The average Bonchev–Trinajstić information content (AvgIpc) is 2.46. The Morgan fingerprint density at radius 3 is 2.37 bits per heavy atom. The van der Waals surface area contributed by atoms with E-state index in [1.54, 1.807) is 0 Å². The Balaban J connectivity index is 1.72. The Bertz CT molecular complexity index is 490. The molecule has 0 fully saturated rings. The first kappa shape index (κ1) is 14.5. The Kier molecular flexibility index (Phi) is 6.29. The molecule has 0 atom stereocenters.